The number of aryl methyl sites for hydroxylation is 2. The lowest BCUT2D eigenvalue weighted by atomic mass is 10.0. The van der Waals surface area contributed by atoms with Crippen LogP contribution in [0.1, 0.15) is 124 Å². The van der Waals surface area contributed by atoms with Crippen LogP contribution >= 0.6 is 69.4 Å². The number of alkyl halides is 3. The molecule has 2 saturated heterocycles. The summed E-state index contributed by atoms with van der Waals surface area (Å²) in [6.07, 6.45) is 13.0. The van der Waals surface area contributed by atoms with Gasteiger partial charge in [-0.05, 0) is 146 Å². The van der Waals surface area contributed by atoms with Crippen molar-refractivity contribution in [3.63, 3.8) is 0 Å². The summed E-state index contributed by atoms with van der Waals surface area (Å²) >= 11 is 9.83. The highest BCUT2D eigenvalue weighted by Crippen LogP contribution is 2.27. The first-order chi connectivity index (χ1) is 29.3. The van der Waals surface area contributed by atoms with Crippen molar-refractivity contribution < 1.29 is 35.8 Å². The summed E-state index contributed by atoms with van der Waals surface area (Å²) in [5.41, 5.74) is 2.14. The molecule has 0 radical (unpaired) electrons. The normalized spacial score (nSPS) is 16.4. The highest BCUT2D eigenvalue weighted by atomic mass is 79.9. The Morgan fingerprint density at radius 1 is 0.571 bits per heavy atom. The number of halogens is 3. The molecule has 0 saturated carbocycles. The molecule has 0 N–H and O–H groups in total. The molecule has 0 unspecified atom stereocenters. The number of nitrogens with zero attached hydrogens (tertiary/aromatic N) is 1. The maximum Gasteiger partial charge on any atom is 0.229 e. The molecule has 0 aliphatic carbocycles. The Morgan fingerprint density at radius 2 is 0.937 bits per heavy atom. The fourth-order valence-corrected chi connectivity index (χ4v) is 13.5. The van der Waals surface area contributed by atoms with Gasteiger partial charge in [-0.2, -0.15) is 0 Å². The second-order valence-electron chi connectivity index (χ2n) is 16.7. The van der Waals surface area contributed by atoms with E-state index in [1.807, 2.05) is 65.8 Å². The van der Waals surface area contributed by atoms with Crippen LogP contribution in [0.2, 0.25) is 0 Å². The average Bonchev–Trinajstić information content (AvgIpc) is 3.22. The molecule has 2 aliphatic heterocycles. The van der Waals surface area contributed by atoms with E-state index in [-0.39, 0.29) is 13.2 Å². The molecule has 9 nitrogen and oxygen atoms in total. The number of unbranched alkanes of at least 4 members (excludes halogenated alkanes) is 4. The molecule has 0 bridgehead atoms. The lowest BCUT2D eigenvalue weighted by molar-refractivity contribution is -0.263. The van der Waals surface area contributed by atoms with E-state index in [0.717, 1.165) is 114 Å². The monoisotopic (exact) mass is 1150 g/mol. The zero-order chi connectivity index (χ0) is 46.5. The number of hydrogen-bond donors (Lipinski definition) is 0. The Bertz CT molecular complexity index is 1630. The summed E-state index contributed by atoms with van der Waals surface area (Å²) in [7, 11) is -2.24. The van der Waals surface area contributed by atoms with Crippen molar-refractivity contribution >= 4 is 87.1 Å². The molecule has 0 spiro atoms. The maximum atomic E-state index is 12.3. The average molecular weight is 1160 g/mol. The molecule has 0 aromatic heterocycles. The molecule has 2 fully saturated rings. The van der Waals surface area contributed by atoms with Crippen molar-refractivity contribution in [2.45, 2.75) is 148 Å². The van der Waals surface area contributed by atoms with Crippen molar-refractivity contribution in [2.75, 3.05) is 74.1 Å². The van der Waals surface area contributed by atoms with Gasteiger partial charge in [0.2, 0.25) is 17.7 Å². The molecule has 368 valence electrons. The van der Waals surface area contributed by atoms with Crippen LogP contribution in [0.3, 0.4) is 0 Å². The Kier molecular flexibility index (Phi) is 35.6. The Balaban J connectivity index is 0.000000927. The molecule has 2 aliphatic rings. The largest absolute Gasteiger partial charge is 0.350 e. The lowest BCUT2D eigenvalue weighted by Crippen LogP contribution is -2.39. The van der Waals surface area contributed by atoms with Crippen LogP contribution in [0.25, 0.3) is 0 Å². The third kappa shape index (κ3) is 31.1. The van der Waals surface area contributed by atoms with E-state index < -0.39 is 23.5 Å². The molecule has 2 heterocycles. The standard InChI is InChI=1S/C21H35NO4S2.C12H24O2.C10H13BrO2S2.C3H6Br2.CH4/c1-18-9-11-20(12-10-18)28(23,24)27-15-7-14-22(4)13-6-5-8-19-16-25-21(2,3)26-17-19;1-4-5-6-7-8-11-9-13-12(2,3)14-10-11;1-9-3-5-10(6-4-9)15(12,13)14-8-2-7-11;4-2-1-3-5;/h9-12,19H,5-8,13-17H2,1-4H3;11H,4-10H2,1-3H3;3-6H,2,7-8H2,1H3;1-3H2;1H4. The van der Waals surface area contributed by atoms with Gasteiger partial charge in [0.05, 0.1) is 36.2 Å². The van der Waals surface area contributed by atoms with Crippen LogP contribution in [0.4, 0.5) is 0 Å². The highest BCUT2D eigenvalue weighted by molar-refractivity contribution is 9.09. The van der Waals surface area contributed by atoms with Crippen molar-refractivity contribution in [3.8, 4) is 0 Å². The van der Waals surface area contributed by atoms with Crippen LogP contribution < -0.4 is 0 Å². The molecule has 2 aromatic rings. The van der Waals surface area contributed by atoms with Crippen molar-refractivity contribution in [3.05, 3.63) is 59.7 Å². The molecule has 4 rings (SSSR count). The molecular formula is C47H82Br3NO8S4. The van der Waals surface area contributed by atoms with Gasteiger partial charge in [0.15, 0.2) is 11.6 Å². The first-order valence-electron chi connectivity index (χ1n) is 22.1. The summed E-state index contributed by atoms with van der Waals surface area (Å²) in [4.78, 5) is 3.08. The van der Waals surface area contributed by atoms with Crippen molar-refractivity contribution in [2.24, 2.45) is 11.8 Å². The third-order valence-corrected chi connectivity index (χ3v) is 18.8. The third-order valence-electron chi connectivity index (χ3n) is 9.86. The SMILES string of the molecule is BrCCCBr.C.CCCCCCC1COC(C)(C)OC1.Cc1ccc(S(=O)(=O)SCCCBr)cc1.Cc1ccc(S(=O)(=O)SCCCN(C)CCCCC2COC(C)(C)OC2)cc1. The van der Waals surface area contributed by atoms with Crippen LogP contribution in [-0.2, 0) is 36.7 Å². The van der Waals surface area contributed by atoms with E-state index in [1.165, 1.54) is 44.9 Å². The van der Waals surface area contributed by atoms with Crippen LogP contribution in [0.5, 0.6) is 0 Å². The minimum absolute atomic E-state index is 0. The number of ether oxygens (including phenoxy) is 4. The smallest absolute Gasteiger partial charge is 0.229 e. The predicted octanol–water partition coefficient (Wildman–Crippen LogP) is 13.7. The summed E-state index contributed by atoms with van der Waals surface area (Å²) in [6, 6.07) is 14.0. The van der Waals surface area contributed by atoms with Gasteiger partial charge in [-0.3, -0.25) is 0 Å². The van der Waals surface area contributed by atoms with Gasteiger partial charge in [-0.15, -0.1) is 0 Å². The van der Waals surface area contributed by atoms with Gasteiger partial charge in [0.25, 0.3) is 0 Å². The summed E-state index contributed by atoms with van der Waals surface area (Å²) in [6.45, 7) is 19.3. The van der Waals surface area contributed by atoms with Gasteiger partial charge in [-0.1, -0.05) is 130 Å². The fraction of sp³-hybridized carbons (Fsp3) is 0.745. The fourth-order valence-electron chi connectivity index (χ4n) is 5.90. The number of rotatable bonds is 23. The maximum absolute atomic E-state index is 12.3. The van der Waals surface area contributed by atoms with Gasteiger partial charge in [-0.25, -0.2) is 16.8 Å². The van der Waals surface area contributed by atoms with Gasteiger partial charge >= 0.3 is 0 Å². The quantitative estimate of drug-likeness (QED) is 0.0603. The van der Waals surface area contributed by atoms with Gasteiger partial charge in [0, 0.05) is 39.3 Å². The van der Waals surface area contributed by atoms with Crippen molar-refractivity contribution in [1.29, 1.82) is 0 Å². The molecular weight excluding hydrogens is 1070 g/mol. The predicted molar refractivity (Wildman–Crippen MR) is 283 cm³/mol. The Labute approximate surface area is 417 Å². The molecule has 0 amide bonds. The molecule has 0 atom stereocenters. The van der Waals surface area contributed by atoms with E-state index in [1.54, 1.807) is 24.3 Å². The lowest BCUT2D eigenvalue weighted by Gasteiger charge is -2.35. The summed E-state index contributed by atoms with van der Waals surface area (Å²) in [5, 5.41) is 3.06. The van der Waals surface area contributed by atoms with Crippen molar-refractivity contribution in [1.82, 2.24) is 4.90 Å². The highest BCUT2D eigenvalue weighted by Gasteiger charge is 2.29. The van der Waals surface area contributed by atoms with Crippen LogP contribution in [-0.4, -0.2) is 107 Å². The number of hydrogen-bond acceptors (Lipinski definition) is 11. The Hall–Kier alpha value is 0.280. The molecule has 2 aromatic carbocycles. The first kappa shape index (κ1) is 63.3. The van der Waals surface area contributed by atoms with Gasteiger partial charge in [0.1, 0.15) is 0 Å². The minimum atomic E-state index is -3.24. The second kappa shape index (κ2) is 35.4. The number of benzene rings is 2. The zero-order valence-electron chi connectivity index (χ0n) is 38.8. The van der Waals surface area contributed by atoms with E-state index in [2.05, 4.69) is 66.7 Å². The zero-order valence-corrected chi connectivity index (χ0v) is 46.8. The van der Waals surface area contributed by atoms with E-state index in [9.17, 15) is 16.8 Å². The topological polar surface area (TPSA) is 108 Å². The summed E-state index contributed by atoms with van der Waals surface area (Å²) in [5.74, 6) is 1.59. The van der Waals surface area contributed by atoms with Crippen LogP contribution in [0, 0.1) is 25.7 Å². The van der Waals surface area contributed by atoms with E-state index in [4.69, 9.17) is 18.9 Å². The molecule has 16 heteroatoms. The first-order valence-corrected chi connectivity index (χ1v) is 31.5. The minimum Gasteiger partial charge on any atom is -0.350 e. The van der Waals surface area contributed by atoms with E-state index >= 15 is 0 Å². The van der Waals surface area contributed by atoms with Gasteiger partial charge < -0.3 is 23.8 Å². The summed E-state index contributed by atoms with van der Waals surface area (Å²) < 4.78 is 70.8. The van der Waals surface area contributed by atoms with E-state index in [0.29, 0.717) is 33.1 Å². The Morgan fingerprint density at radius 3 is 1.30 bits per heavy atom. The second-order valence-corrected chi connectivity index (χ2v) is 27.2. The molecule has 63 heavy (non-hydrogen) atoms. The van der Waals surface area contributed by atoms with Crippen LogP contribution in [0.15, 0.2) is 58.3 Å².